The van der Waals surface area contributed by atoms with Crippen molar-refractivity contribution in [2.45, 2.75) is 142 Å². The number of nitrogens with zero attached hydrogens (tertiary/aromatic N) is 1. The number of ether oxygens (including phenoxy) is 1. The van der Waals surface area contributed by atoms with Crippen LogP contribution in [-0.2, 0) is 9.53 Å². The van der Waals surface area contributed by atoms with E-state index in [1.807, 2.05) is 0 Å². The van der Waals surface area contributed by atoms with Gasteiger partial charge in [0, 0.05) is 13.2 Å². The number of esters is 1. The molecule has 0 spiro atoms. The van der Waals surface area contributed by atoms with Crippen molar-refractivity contribution in [3.63, 3.8) is 0 Å². The summed E-state index contributed by atoms with van der Waals surface area (Å²) in [5.74, 6) is 0.127. The summed E-state index contributed by atoms with van der Waals surface area (Å²) in [6, 6.07) is 0. The standard InChI is InChI=1S/C31H61NO4/c1-3-5-7-9-10-12-18-29(17-11-8-6-4-2)30(35)36-28-16-20-31(19-15-27-34)21-24-32(25-22-31)23-13-14-26-33/h29,33-34H,3-28H2,1-2H3. The highest BCUT2D eigenvalue weighted by molar-refractivity contribution is 5.72. The molecule has 5 nitrogen and oxygen atoms in total. The maximum atomic E-state index is 13.0. The summed E-state index contributed by atoms with van der Waals surface area (Å²) in [6.45, 7) is 8.86. The smallest absolute Gasteiger partial charge is 0.308 e. The molecule has 0 aliphatic carbocycles. The summed E-state index contributed by atoms with van der Waals surface area (Å²) in [6.07, 6.45) is 22.7. The second kappa shape index (κ2) is 22.3. The lowest BCUT2D eigenvalue weighted by molar-refractivity contribution is -0.149. The summed E-state index contributed by atoms with van der Waals surface area (Å²) >= 11 is 0. The van der Waals surface area contributed by atoms with Crippen molar-refractivity contribution in [1.29, 1.82) is 0 Å². The Bertz CT molecular complexity index is 505. The number of rotatable bonds is 24. The summed E-state index contributed by atoms with van der Waals surface area (Å²) in [7, 11) is 0. The van der Waals surface area contributed by atoms with Crippen LogP contribution in [0.2, 0.25) is 0 Å². The molecule has 2 N–H and O–H groups in total. The van der Waals surface area contributed by atoms with E-state index in [1.165, 1.54) is 51.4 Å². The van der Waals surface area contributed by atoms with Gasteiger partial charge < -0.3 is 19.8 Å². The van der Waals surface area contributed by atoms with Crippen LogP contribution in [0.4, 0.5) is 0 Å². The SMILES string of the molecule is CCCCCCCCC(CCCCCC)C(=O)OCCCC1(CCCO)CCN(CCCCO)CC1. The van der Waals surface area contributed by atoms with E-state index < -0.39 is 0 Å². The second-order valence-electron chi connectivity index (χ2n) is 11.5. The first-order valence-corrected chi connectivity index (χ1v) is 15.7. The Morgan fingerprint density at radius 3 is 1.92 bits per heavy atom. The molecule has 1 atom stereocenters. The zero-order chi connectivity index (χ0) is 26.3. The zero-order valence-electron chi connectivity index (χ0n) is 24.1. The van der Waals surface area contributed by atoms with Gasteiger partial charge in [-0.3, -0.25) is 4.79 Å². The Morgan fingerprint density at radius 2 is 1.31 bits per heavy atom. The predicted molar refractivity (Wildman–Crippen MR) is 151 cm³/mol. The van der Waals surface area contributed by atoms with Crippen LogP contribution in [-0.4, -0.2) is 60.5 Å². The van der Waals surface area contributed by atoms with Crippen LogP contribution in [0.3, 0.4) is 0 Å². The Labute approximate surface area is 223 Å². The second-order valence-corrected chi connectivity index (χ2v) is 11.5. The topological polar surface area (TPSA) is 70.0 Å². The third-order valence-corrected chi connectivity index (χ3v) is 8.41. The fourth-order valence-electron chi connectivity index (χ4n) is 5.88. The Hall–Kier alpha value is -0.650. The maximum Gasteiger partial charge on any atom is 0.308 e. The monoisotopic (exact) mass is 511 g/mol. The molecule has 5 heteroatoms. The zero-order valence-corrected chi connectivity index (χ0v) is 24.1. The number of unbranched alkanes of at least 4 members (excludes halogenated alkanes) is 9. The van der Waals surface area contributed by atoms with Crippen LogP contribution in [0.15, 0.2) is 0 Å². The number of carbonyl (C=O) groups is 1. The highest BCUT2D eigenvalue weighted by Gasteiger charge is 2.33. The average Bonchev–Trinajstić information content (AvgIpc) is 2.89. The summed E-state index contributed by atoms with van der Waals surface area (Å²) in [4.78, 5) is 15.5. The largest absolute Gasteiger partial charge is 0.465 e. The number of carbonyl (C=O) groups excluding carboxylic acids is 1. The van der Waals surface area contributed by atoms with E-state index in [0.29, 0.717) is 6.61 Å². The molecule has 1 saturated heterocycles. The van der Waals surface area contributed by atoms with Gasteiger partial charge in [-0.15, -0.1) is 0 Å². The van der Waals surface area contributed by atoms with E-state index >= 15 is 0 Å². The highest BCUT2D eigenvalue weighted by atomic mass is 16.5. The molecule has 1 rings (SSSR count). The molecule has 0 aromatic carbocycles. The van der Waals surface area contributed by atoms with Crippen molar-refractivity contribution >= 4 is 5.97 Å². The van der Waals surface area contributed by atoms with E-state index in [1.54, 1.807) is 0 Å². The summed E-state index contributed by atoms with van der Waals surface area (Å²) in [5.41, 5.74) is 0.278. The van der Waals surface area contributed by atoms with Crippen molar-refractivity contribution in [2.24, 2.45) is 11.3 Å². The van der Waals surface area contributed by atoms with Crippen molar-refractivity contribution in [2.75, 3.05) is 39.5 Å². The molecule has 0 bridgehead atoms. The number of hydrogen-bond donors (Lipinski definition) is 2. The molecule has 36 heavy (non-hydrogen) atoms. The lowest BCUT2D eigenvalue weighted by Crippen LogP contribution is -2.41. The Balaban J connectivity index is 2.44. The van der Waals surface area contributed by atoms with Gasteiger partial charge in [0.15, 0.2) is 0 Å². The third-order valence-electron chi connectivity index (χ3n) is 8.41. The van der Waals surface area contributed by atoms with Crippen LogP contribution in [0.1, 0.15) is 142 Å². The average molecular weight is 512 g/mol. The first-order chi connectivity index (χ1) is 17.6. The fraction of sp³-hybridized carbons (Fsp3) is 0.968. The number of hydrogen-bond acceptors (Lipinski definition) is 5. The van der Waals surface area contributed by atoms with Gasteiger partial charge >= 0.3 is 5.97 Å². The molecule has 0 radical (unpaired) electrons. The van der Waals surface area contributed by atoms with Gasteiger partial charge in [0.1, 0.15) is 0 Å². The van der Waals surface area contributed by atoms with Crippen LogP contribution < -0.4 is 0 Å². The number of likely N-dealkylation sites (tertiary alicyclic amines) is 1. The molecule has 1 fully saturated rings. The van der Waals surface area contributed by atoms with Gasteiger partial charge in [0.25, 0.3) is 0 Å². The third kappa shape index (κ3) is 15.6. The molecule has 0 saturated carbocycles. The minimum absolute atomic E-state index is 0.0446. The summed E-state index contributed by atoms with van der Waals surface area (Å²) in [5, 5.41) is 18.5. The number of piperidine rings is 1. The van der Waals surface area contributed by atoms with Gasteiger partial charge in [-0.1, -0.05) is 78.1 Å². The van der Waals surface area contributed by atoms with Gasteiger partial charge in [0.2, 0.25) is 0 Å². The molecule has 214 valence electrons. The lowest BCUT2D eigenvalue weighted by atomic mass is 9.71. The van der Waals surface area contributed by atoms with E-state index in [4.69, 9.17) is 9.84 Å². The highest BCUT2D eigenvalue weighted by Crippen LogP contribution is 2.40. The van der Waals surface area contributed by atoms with Gasteiger partial charge in [-0.2, -0.15) is 0 Å². The molecule has 1 aliphatic rings. The minimum atomic E-state index is 0.0446. The number of aliphatic hydroxyl groups is 2. The van der Waals surface area contributed by atoms with Crippen LogP contribution in [0.5, 0.6) is 0 Å². The molecular weight excluding hydrogens is 450 g/mol. The van der Waals surface area contributed by atoms with E-state index in [-0.39, 0.29) is 30.5 Å². The fourth-order valence-corrected chi connectivity index (χ4v) is 5.88. The lowest BCUT2D eigenvalue weighted by Gasteiger charge is -2.42. The van der Waals surface area contributed by atoms with Gasteiger partial charge in [-0.05, 0) is 89.3 Å². The van der Waals surface area contributed by atoms with Crippen LogP contribution in [0, 0.1) is 11.3 Å². The van der Waals surface area contributed by atoms with E-state index in [0.717, 1.165) is 96.7 Å². The molecule has 1 heterocycles. The quantitative estimate of drug-likeness (QED) is 0.105. The van der Waals surface area contributed by atoms with Gasteiger partial charge in [-0.25, -0.2) is 0 Å². The molecule has 0 aromatic rings. The van der Waals surface area contributed by atoms with Gasteiger partial charge in [0.05, 0.1) is 12.5 Å². The van der Waals surface area contributed by atoms with Crippen LogP contribution >= 0.6 is 0 Å². The summed E-state index contributed by atoms with van der Waals surface area (Å²) < 4.78 is 5.86. The van der Waals surface area contributed by atoms with E-state index in [9.17, 15) is 9.90 Å². The van der Waals surface area contributed by atoms with Crippen molar-refractivity contribution in [3.8, 4) is 0 Å². The van der Waals surface area contributed by atoms with Crippen molar-refractivity contribution in [1.82, 2.24) is 4.90 Å². The normalized spacial score (nSPS) is 16.8. The molecule has 1 aliphatic heterocycles. The Morgan fingerprint density at radius 1 is 0.750 bits per heavy atom. The molecule has 0 aromatic heterocycles. The molecule has 1 unspecified atom stereocenters. The van der Waals surface area contributed by atoms with E-state index in [2.05, 4.69) is 18.7 Å². The van der Waals surface area contributed by atoms with Crippen molar-refractivity contribution < 1.29 is 19.7 Å². The maximum absolute atomic E-state index is 13.0. The molecular formula is C31H61NO4. The minimum Gasteiger partial charge on any atom is -0.465 e. The first kappa shape index (κ1) is 33.4. The van der Waals surface area contributed by atoms with Crippen molar-refractivity contribution in [3.05, 3.63) is 0 Å². The number of aliphatic hydroxyl groups excluding tert-OH is 2. The first-order valence-electron chi connectivity index (χ1n) is 15.7. The molecule has 0 amide bonds. The predicted octanol–water partition coefficient (Wildman–Crippen LogP) is 7.27. The Kier molecular flexibility index (Phi) is 20.7. The van der Waals surface area contributed by atoms with Crippen LogP contribution in [0.25, 0.3) is 0 Å².